The van der Waals surface area contributed by atoms with Gasteiger partial charge in [-0.3, -0.25) is 0 Å². The number of rotatable bonds is 4. The Morgan fingerprint density at radius 2 is 1.89 bits per heavy atom. The molecule has 1 N–H and O–H groups in total. The van der Waals surface area contributed by atoms with Gasteiger partial charge in [-0.1, -0.05) is 0 Å². The molecule has 0 radical (unpaired) electrons. The standard InChI is InChI=1S/C11H8F3NO2S/c12-6-1-8(13)11(9(14)2-6)17-4-7-5-18-10(3-16)15-7/h1-2,5,16H,3-4H2. The van der Waals surface area contributed by atoms with Crippen molar-refractivity contribution in [1.29, 1.82) is 0 Å². The van der Waals surface area contributed by atoms with Crippen molar-refractivity contribution in [2.75, 3.05) is 0 Å². The molecule has 0 aliphatic carbocycles. The third kappa shape index (κ3) is 2.80. The fraction of sp³-hybridized carbons (Fsp3) is 0.182. The van der Waals surface area contributed by atoms with Crippen LogP contribution in [0.4, 0.5) is 13.2 Å². The predicted octanol–water partition coefficient (Wildman–Crippen LogP) is 2.63. The van der Waals surface area contributed by atoms with Crippen molar-refractivity contribution < 1.29 is 23.0 Å². The summed E-state index contributed by atoms with van der Waals surface area (Å²) in [5, 5.41) is 10.9. The van der Waals surface area contributed by atoms with Crippen molar-refractivity contribution in [2.24, 2.45) is 0 Å². The summed E-state index contributed by atoms with van der Waals surface area (Å²) in [6, 6.07) is 1.08. The molecule has 2 aromatic rings. The van der Waals surface area contributed by atoms with Gasteiger partial charge in [-0.05, 0) is 0 Å². The van der Waals surface area contributed by atoms with Crippen molar-refractivity contribution in [3.05, 3.63) is 45.7 Å². The molecule has 2 rings (SSSR count). The van der Waals surface area contributed by atoms with Crippen LogP contribution in [0.25, 0.3) is 0 Å². The highest BCUT2D eigenvalue weighted by molar-refractivity contribution is 7.09. The number of nitrogens with zero attached hydrogens (tertiary/aromatic N) is 1. The quantitative estimate of drug-likeness (QED) is 0.932. The van der Waals surface area contributed by atoms with Crippen LogP contribution in [0.3, 0.4) is 0 Å². The molecule has 0 atom stereocenters. The maximum absolute atomic E-state index is 13.2. The maximum Gasteiger partial charge on any atom is 0.191 e. The highest BCUT2D eigenvalue weighted by atomic mass is 32.1. The number of aliphatic hydroxyl groups excluding tert-OH is 1. The van der Waals surface area contributed by atoms with E-state index in [0.29, 0.717) is 22.8 Å². The Morgan fingerprint density at radius 3 is 2.44 bits per heavy atom. The molecule has 0 aliphatic rings. The number of hydrogen-bond acceptors (Lipinski definition) is 4. The van der Waals surface area contributed by atoms with Gasteiger partial charge in [0.15, 0.2) is 17.4 Å². The summed E-state index contributed by atoms with van der Waals surface area (Å²) in [4.78, 5) is 3.95. The van der Waals surface area contributed by atoms with Crippen LogP contribution >= 0.6 is 11.3 Å². The van der Waals surface area contributed by atoms with Crippen LogP contribution in [-0.4, -0.2) is 10.1 Å². The number of ether oxygens (including phenoxy) is 1. The largest absolute Gasteiger partial charge is 0.481 e. The number of hydrogen-bond donors (Lipinski definition) is 1. The second-order valence-corrected chi connectivity index (χ2v) is 4.32. The average Bonchev–Trinajstić information content (AvgIpc) is 2.75. The van der Waals surface area contributed by atoms with Crippen molar-refractivity contribution in [3.8, 4) is 5.75 Å². The molecule has 1 aromatic heterocycles. The maximum atomic E-state index is 13.2. The van der Waals surface area contributed by atoms with Crippen LogP contribution < -0.4 is 4.74 Å². The zero-order valence-electron chi connectivity index (χ0n) is 8.99. The molecule has 1 aromatic carbocycles. The number of aliphatic hydroxyl groups is 1. The van der Waals surface area contributed by atoms with Gasteiger partial charge in [0.1, 0.15) is 17.4 Å². The lowest BCUT2D eigenvalue weighted by atomic mass is 10.3. The van der Waals surface area contributed by atoms with E-state index in [0.717, 1.165) is 0 Å². The van der Waals surface area contributed by atoms with Crippen molar-refractivity contribution in [2.45, 2.75) is 13.2 Å². The normalized spacial score (nSPS) is 10.7. The van der Waals surface area contributed by atoms with E-state index < -0.39 is 23.2 Å². The van der Waals surface area contributed by atoms with Crippen molar-refractivity contribution >= 4 is 11.3 Å². The molecule has 0 spiro atoms. The number of halogens is 3. The second kappa shape index (κ2) is 5.36. The monoisotopic (exact) mass is 275 g/mol. The minimum Gasteiger partial charge on any atom is -0.481 e. The molecule has 0 unspecified atom stereocenters. The van der Waals surface area contributed by atoms with Crippen LogP contribution in [0, 0.1) is 17.5 Å². The first-order valence-electron chi connectivity index (χ1n) is 4.91. The zero-order valence-corrected chi connectivity index (χ0v) is 9.81. The topological polar surface area (TPSA) is 42.4 Å². The summed E-state index contributed by atoms with van der Waals surface area (Å²) in [6.45, 7) is -0.361. The summed E-state index contributed by atoms with van der Waals surface area (Å²) in [5.74, 6) is -3.86. The van der Waals surface area contributed by atoms with Gasteiger partial charge in [-0.2, -0.15) is 0 Å². The molecule has 96 valence electrons. The Morgan fingerprint density at radius 1 is 1.22 bits per heavy atom. The Labute approximate surface area is 104 Å². The van der Waals surface area contributed by atoms with Crippen molar-refractivity contribution in [1.82, 2.24) is 4.98 Å². The van der Waals surface area contributed by atoms with Gasteiger partial charge in [-0.15, -0.1) is 11.3 Å². The molecule has 18 heavy (non-hydrogen) atoms. The number of aromatic nitrogens is 1. The molecule has 3 nitrogen and oxygen atoms in total. The first-order chi connectivity index (χ1) is 8.60. The molecule has 7 heteroatoms. The van der Waals surface area contributed by atoms with Gasteiger partial charge in [0.2, 0.25) is 0 Å². The van der Waals surface area contributed by atoms with E-state index in [4.69, 9.17) is 9.84 Å². The molecular formula is C11H8F3NO2S. The van der Waals surface area contributed by atoms with Gasteiger partial charge in [0, 0.05) is 17.5 Å². The zero-order chi connectivity index (χ0) is 13.1. The molecular weight excluding hydrogens is 267 g/mol. The molecule has 0 saturated carbocycles. The lowest BCUT2D eigenvalue weighted by Crippen LogP contribution is -2.01. The highest BCUT2D eigenvalue weighted by Crippen LogP contribution is 2.24. The van der Waals surface area contributed by atoms with E-state index in [2.05, 4.69) is 4.98 Å². The third-order valence-corrected chi connectivity index (χ3v) is 2.94. The van der Waals surface area contributed by atoms with E-state index in [9.17, 15) is 13.2 Å². The summed E-state index contributed by atoms with van der Waals surface area (Å²) in [6.07, 6.45) is 0. The minimum absolute atomic E-state index is 0.157. The smallest absolute Gasteiger partial charge is 0.191 e. The average molecular weight is 275 g/mol. The lowest BCUT2D eigenvalue weighted by molar-refractivity contribution is 0.265. The van der Waals surface area contributed by atoms with E-state index in [1.54, 1.807) is 5.38 Å². The Kier molecular flexibility index (Phi) is 3.83. The summed E-state index contributed by atoms with van der Waals surface area (Å²) >= 11 is 1.21. The van der Waals surface area contributed by atoms with E-state index in [1.807, 2.05) is 0 Å². The van der Waals surface area contributed by atoms with Crippen molar-refractivity contribution in [3.63, 3.8) is 0 Å². The van der Waals surface area contributed by atoms with E-state index in [-0.39, 0.29) is 13.2 Å². The molecule has 0 fully saturated rings. The van der Waals surface area contributed by atoms with Gasteiger partial charge in [-0.25, -0.2) is 18.2 Å². The SMILES string of the molecule is OCc1nc(COc2c(F)cc(F)cc2F)cs1. The summed E-state index contributed by atoms with van der Waals surface area (Å²) < 4.78 is 44.0. The molecule has 0 saturated heterocycles. The van der Waals surface area contributed by atoms with E-state index in [1.165, 1.54) is 11.3 Å². The Hall–Kier alpha value is -1.60. The van der Waals surface area contributed by atoms with Gasteiger partial charge < -0.3 is 9.84 Å². The van der Waals surface area contributed by atoms with E-state index >= 15 is 0 Å². The molecule has 0 aliphatic heterocycles. The van der Waals surface area contributed by atoms with Gasteiger partial charge >= 0.3 is 0 Å². The fourth-order valence-electron chi connectivity index (χ4n) is 1.30. The molecule has 0 bridgehead atoms. The van der Waals surface area contributed by atoms with Gasteiger partial charge in [0.05, 0.1) is 12.3 Å². The van der Waals surface area contributed by atoms with Crippen LogP contribution in [0.15, 0.2) is 17.5 Å². The van der Waals surface area contributed by atoms with Crippen LogP contribution in [0.2, 0.25) is 0 Å². The molecule has 0 amide bonds. The lowest BCUT2D eigenvalue weighted by Gasteiger charge is -2.06. The van der Waals surface area contributed by atoms with Crippen LogP contribution in [-0.2, 0) is 13.2 Å². The first kappa shape index (κ1) is 12.8. The Balaban J connectivity index is 2.10. The number of benzene rings is 1. The minimum atomic E-state index is -1.11. The highest BCUT2D eigenvalue weighted by Gasteiger charge is 2.13. The summed E-state index contributed by atoms with van der Waals surface area (Å²) in [7, 11) is 0. The Bertz CT molecular complexity index is 536. The summed E-state index contributed by atoms with van der Waals surface area (Å²) in [5.41, 5.74) is 0.437. The van der Waals surface area contributed by atoms with Crippen LogP contribution in [0.5, 0.6) is 5.75 Å². The fourth-order valence-corrected chi connectivity index (χ4v) is 1.94. The second-order valence-electron chi connectivity index (χ2n) is 3.38. The van der Waals surface area contributed by atoms with Crippen LogP contribution in [0.1, 0.15) is 10.7 Å². The molecule has 1 heterocycles. The third-order valence-electron chi connectivity index (χ3n) is 2.06. The predicted molar refractivity (Wildman–Crippen MR) is 58.7 cm³/mol. The number of thiazole rings is 1. The first-order valence-corrected chi connectivity index (χ1v) is 5.79. The van der Waals surface area contributed by atoms with Gasteiger partial charge in [0.25, 0.3) is 0 Å².